The lowest BCUT2D eigenvalue weighted by atomic mass is 10.2. The monoisotopic (exact) mass is 474 g/mol. The van der Waals surface area contributed by atoms with Crippen molar-refractivity contribution >= 4 is 34.8 Å². The number of phenolic OH excluding ortho intramolecular Hbond substituents is 1. The Bertz CT molecular complexity index is 1450. The van der Waals surface area contributed by atoms with Crippen LogP contribution in [0.5, 0.6) is 11.5 Å². The Labute approximate surface area is 199 Å². The van der Waals surface area contributed by atoms with E-state index in [2.05, 4.69) is 15.5 Å². The Morgan fingerprint density at radius 3 is 2.74 bits per heavy atom. The van der Waals surface area contributed by atoms with Crippen molar-refractivity contribution in [2.45, 2.75) is 12.1 Å². The smallest absolute Gasteiger partial charge is 0.266 e. The number of carbonyl (C=O) groups is 1. The molecule has 0 aliphatic heterocycles. The number of aryl methyl sites for hydroxylation is 1. The number of fused-ring (bicyclic) bond motifs is 1. The van der Waals surface area contributed by atoms with E-state index in [9.17, 15) is 14.7 Å². The molecule has 0 aliphatic carbocycles. The SMILES string of the molecule is COc1cc(/C=N/NC(=O)CSc2nc3ccccc3c(=O)n2-c2ccccc2C)ccc1O. The van der Waals surface area contributed by atoms with Crippen molar-refractivity contribution in [1.29, 1.82) is 0 Å². The van der Waals surface area contributed by atoms with E-state index in [1.165, 1.54) is 19.4 Å². The van der Waals surface area contributed by atoms with Crippen LogP contribution in [-0.4, -0.2) is 39.6 Å². The molecule has 0 bridgehead atoms. The highest BCUT2D eigenvalue weighted by Gasteiger charge is 2.15. The standard InChI is InChI=1S/C25H22N4O4S/c1-16-7-3-6-10-20(16)29-24(32)18-8-4-5-9-19(18)27-25(29)34-15-23(31)28-26-14-17-11-12-21(30)22(13-17)33-2/h3-14,30H,15H2,1-2H3,(H,28,31)/b26-14+. The first-order valence-corrected chi connectivity index (χ1v) is 11.4. The van der Waals surface area contributed by atoms with E-state index in [1.54, 1.807) is 34.9 Å². The highest BCUT2D eigenvalue weighted by atomic mass is 32.2. The molecule has 3 aromatic carbocycles. The number of aromatic nitrogens is 2. The second kappa shape index (κ2) is 10.2. The molecule has 4 rings (SSSR count). The number of para-hydroxylation sites is 2. The third-order valence-electron chi connectivity index (χ3n) is 5.04. The van der Waals surface area contributed by atoms with Gasteiger partial charge in [-0.1, -0.05) is 42.1 Å². The van der Waals surface area contributed by atoms with Crippen LogP contribution in [0.25, 0.3) is 16.6 Å². The van der Waals surface area contributed by atoms with Crippen LogP contribution in [0.1, 0.15) is 11.1 Å². The number of benzene rings is 3. The largest absolute Gasteiger partial charge is 0.504 e. The van der Waals surface area contributed by atoms with Gasteiger partial charge < -0.3 is 9.84 Å². The summed E-state index contributed by atoms with van der Waals surface area (Å²) in [4.78, 5) is 30.4. The summed E-state index contributed by atoms with van der Waals surface area (Å²) in [5, 5.41) is 14.5. The summed E-state index contributed by atoms with van der Waals surface area (Å²) in [5.74, 6) is -0.0248. The minimum Gasteiger partial charge on any atom is -0.504 e. The molecule has 0 aliphatic rings. The molecule has 1 amide bonds. The first-order chi connectivity index (χ1) is 16.5. The average Bonchev–Trinajstić information content (AvgIpc) is 2.84. The zero-order chi connectivity index (χ0) is 24.1. The van der Waals surface area contributed by atoms with E-state index in [4.69, 9.17) is 4.74 Å². The van der Waals surface area contributed by atoms with Crippen molar-refractivity contribution in [2.24, 2.45) is 5.10 Å². The third-order valence-corrected chi connectivity index (χ3v) is 5.98. The molecule has 9 heteroatoms. The average molecular weight is 475 g/mol. The van der Waals surface area contributed by atoms with Gasteiger partial charge in [0.05, 0.1) is 35.7 Å². The Morgan fingerprint density at radius 2 is 1.94 bits per heavy atom. The summed E-state index contributed by atoms with van der Waals surface area (Å²) < 4.78 is 6.60. The van der Waals surface area contributed by atoms with Gasteiger partial charge in [-0.3, -0.25) is 14.2 Å². The number of hydrogen-bond acceptors (Lipinski definition) is 7. The highest BCUT2D eigenvalue weighted by molar-refractivity contribution is 7.99. The number of methoxy groups -OCH3 is 1. The fourth-order valence-corrected chi connectivity index (χ4v) is 4.15. The Kier molecular flexibility index (Phi) is 6.93. The van der Waals surface area contributed by atoms with Gasteiger partial charge in [0.1, 0.15) is 0 Å². The number of hydrazone groups is 1. The minimum atomic E-state index is -0.356. The molecular formula is C25H22N4O4S. The number of aromatic hydroxyl groups is 1. The van der Waals surface area contributed by atoms with Gasteiger partial charge in [0.2, 0.25) is 0 Å². The molecule has 172 valence electrons. The summed E-state index contributed by atoms with van der Waals surface area (Å²) in [5.41, 5.74) is 5.12. The van der Waals surface area contributed by atoms with E-state index in [0.717, 1.165) is 17.3 Å². The molecule has 0 saturated heterocycles. The van der Waals surface area contributed by atoms with Crippen LogP contribution in [0.4, 0.5) is 0 Å². The Morgan fingerprint density at radius 1 is 1.18 bits per heavy atom. The number of hydrogen-bond donors (Lipinski definition) is 2. The van der Waals surface area contributed by atoms with Gasteiger partial charge in [-0.05, 0) is 54.4 Å². The lowest BCUT2D eigenvalue weighted by Crippen LogP contribution is -2.24. The normalized spacial score (nSPS) is 11.1. The van der Waals surface area contributed by atoms with Gasteiger partial charge in [-0.2, -0.15) is 5.10 Å². The third kappa shape index (κ3) is 4.94. The van der Waals surface area contributed by atoms with Gasteiger partial charge in [-0.25, -0.2) is 10.4 Å². The van der Waals surface area contributed by atoms with Gasteiger partial charge in [0.15, 0.2) is 16.7 Å². The molecule has 4 aromatic rings. The zero-order valence-electron chi connectivity index (χ0n) is 18.6. The zero-order valence-corrected chi connectivity index (χ0v) is 19.4. The predicted octanol–water partition coefficient (Wildman–Crippen LogP) is 3.65. The summed E-state index contributed by atoms with van der Waals surface area (Å²) in [6, 6.07) is 19.4. The predicted molar refractivity (Wildman–Crippen MR) is 133 cm³/mol. The summed E-state index contributed by atoms with van der Waals surface area (Å²) >= 11 is 1.15. The maximum Gasteiger partial charge on any atom is 0.266 e. The molecular weight excluding hydrogens is 452 g/mol. The summed E-state index contributed by atoms with van der Waals surface area (Å²) in [7, 11) is 1.45. The second-order valence-electron chi connectivity index (χ2n) is 7.35. The van der Waals surface area contributed by atoms with Crippen LogP contribution in [-0.2, 0) is 4.79 Å². The van der Waals surface area contributed by atoms with Crippen LogP contribution < -0.4 is 15.7 Å². The number of phenols is 1. The maximum absolute atomic E-state index is 13.3. The summed E-state index contributed by atoms with van der Waals surface area (Å²) in [6.07, 6.45) is 1.45. The van der Waals surface area contributed by atoms with Crippen molar-refractivity contribution in [1.82, 2.24) is 15.0 Å². The molecule has 8 nitrogen and oxygen atoms in total. The van der Waals surface area contributed by atoms with Gasteiger partial charge in [0, 0.05) is 0 Å². The first kappa shape index (κ1) is 23.1. The van der Waals surface area contributed by atoms with Crippen molar-refractivity contribution in [3.05, 3.63) is 88.2 Å². The molecule has 1 aromatic heterocycles. The van der Waals surface area contributed by atoms with Crippen molar-refractivity contribution < 1.29 is 14.6 Å². The van der Waals surface area contributed by atoms with Crippen LogP contribution in [0, 0.1) is 6.92 Å². The lowest BCUT2D eigenvalue weighted by Gasteiger charge is -2.14. The number of ether oxygens (including phenoxy) is 1. The number of thioether (sulfide) groups is 1. The quantitative estimate of drug-likeness (QED) is 0.183. The molecule has 2 N–H and O–H groups in total. The van der Waals surface area contributed by atoms with E-state index in [1.807, 2.05) is 37.3 Å². The molecule has 1 heterocycles. The van der Waals surface area contributed by atoms with E-state index in [-0.39, 0.29) is 23.0 Å². The number of amides is 1. The van der Waals surface area contributed by atoms with Crippen LogP contribution in [0.15, 0.2) is 81.8 Å². The minimum absolute atomic E-state index is 0.00685. The lowest BCUT2D eigenvalue weighted by molar-refractivity contribution is -0.118. The Hall–Kier alpha value is -4.11. The van der Waals surface area contributed by atoms with Crippen molar-refractivity contribution in [3.63, 3.8) is 0 Å². The maximum atomic E-state index is 13.3. The molecule has 0 radical (unpaired) electrons. The van der Waals surface area contributed by atoms with Crippen molar-refractivity contribution in [3.8, 4) is 17.2 Å². The second-order valence-corrected chi connectivity index (χ2v) is 8.29. The first-order valence-electron chi connectivity index (χ1n) is 10.4. The Balaban J connectivity index is 1.55. The van der Waals surface area contributed by atoms with E-state index < -0.39 is 0 Å². The molecule has 0 unspecified atom stereocenters. The van der Waals surface area contributed by atoms with Crippen LogP contribution in [0.3, 0.4) is 0 Å². The summed E-state index contributed by atoms with van der Waals surface area (Å²) in [6.45, 7) is 1.92. The number of nitrogens with one attached hydrogen (secondary N) is 1. The van der Waals surface area contributed by atoms with E-state index >= 15 is 0 Å². The van der Waals surface area contributed by atoms with Crippen LogP contribution in [0.2, 0.25) is 0 Å². The molecule has 0 atom stereocenters. The topological polar surface area (TPSA) is 106 Å². The molecule has 0 saturated carbocycles. The van der Waals surface area contributed by atoms with E-state index in [0.29, 0.717) is 33.1 Å². The van der Waals surface area contributed by atoms with Gasteiger partial charge in [-0.15, -0.1) is 0 Å². The van der Waals surface area contributed by atoms with Crippen molar-refractivity contribution in [2.75, 3.05) is 12.9 Å². The molecule has 34 heavy (non-hydrogen) atoms. The molecule has 0 fully saturated rings. The van der Waals surface area contributed by atoms with Gasteiger partial charge >= 0.3 is 0 Å². The number of rotatable bonds is 7. The number of nitrogens with zero attached hydrogens (tertiary/aromatic N) is 3. The fraction of sp³-hybridized carbons (Fsp3) is 0.120. The molecule has 0 spiro atoms. The number of carbonyl (C=O) groups excluding carboxylic acids is 1. The fourth-order valence-electron chi connectivity index (χ4n) is 3.35. The van der Waals surface area contributed by atoms with Gasteiger partial charge in [0.25, 0.3) is 11.5 Å². The van der Waals surface area contributed by atoms with Crippen LogP contribution >= 0.6 is 11.8 Å². The highest BCUT2D eigenvalue weighted by Crippen LogP contribution is 2.25.